The largest absolute Gasteiger partial charge is 0.391 e. The van der Waals surface area contributed by atoms with Gasteiger partial charge < -0.3 is 10.4 Å². The molecule has 2 rings (SSSR count). The molecule has 0 amide bonds. The number of nitro benzene ring substituents is 1. The van der Waals surface area contributed by atoms with E-state index in [2.05, 4.69) is 5.32 Å². The molecule has 2 unspecified atom stereocenters. The van der Waals surface area contributed by atoms with Crippen molar-refractivity contribution in [3.8, 4) is 0 Å². The molecule has 0 radical (unpaired) electrons. The second-order valence-electron chi connectivity index (χ2n) is 4.41. The molecule has 0 heterocycles. The molecule has 1 aliphatic rings. The smallest absolute Gasteiger partial charge is 0.269 e. The zero-order valence-electron chi connectivity index (χ0n) is 9.50. The van der Waals surface area contributed by atoms with E-state index in [1.807, 2.05) is 0 Å². The second-order valence-corrected chi connectivity index (χ2v) is 4.41. The highest BCUT2D eigenvalue weighted by Gasteiger charge is 2.22. The monoisotopic (exact) mass is 236 g/mol. The zero-order valence-corrected chi connectivity index (χ0v) is 9.50. The van der Waals surface area contributed by atoms with E-state index in [0.29, 0.717) is 0 Å². The van der Waals surface area contributed by atoms with E-state index in [1.165, 1.54) is 12.1 Å². The first-order valence-electron chi connectivity index (χ1n) is 5.86. The van der Waals surface area contributed by atoms with E-state index in [4.69, 9.17) is 0 Å². The summed E-state index contributed by atoms with van der Waals surface area (Å²) in [5, 5.41) is 23.5. The Balaban J connectivity index is 2.00. The molecule has 0 aliphatic heterocycles. The Labute approximate surface area is 99.6 Å². The van der Waals surface area contributed by atoms with Crippen LogP contribution in [-0.4, -0.2) is 22.2 Å². The molecule has 0 bridgehead atoms. The minimum Gasteiger partial charge on any atom is -0.391 e. The highest BCUT2D eigenvalue weighted by Crippen LogP contribution is 2.23. The van der Waals surface area contributed by atoms with Crippen LogP contribution in [0.4, 0.5) is 11.4 Å². The molecule has 2 atom stereocenters. The Bertz CT molecular complexity index is 391. The number of aliphatic hydroxyl groups excluding tert-OH is 1. The SMILES string of the molecule is O=[N+]([O-])c1ccc(NC2CCCCC2O)cc1. The Morgan fingerprint density at radius 2 is 1.88 bits per heavy atom. The van der Waals surface area contributed by atoms with E-state index < -0.39 is 4.92 Å². The average molecular weight is 236 g/mol. The maximum absolute atomic E-state index is 10.5. The Kier molecular flexibility index (Phi) is 3.58. The lowest BCUT2D eigenvalue weighted by Crippen LogP contribution is -2.36. The lowest BCUT2D eigenvalue weighted by atomic mass is 9.92. The number of nitrogens with one attached hydrogen (secondary N) is 1. The predicted molar refractivity (Wildman–Crippen MR) is 65.0 cm³/mol. The highest BCUT2D eigenvalue weighted by atomic mass is 16.6. The summed E-state index contributed by atoms with van der Waals surface area (Å²) in [6.45, 7) is 0. The van der Waals surface area contributed by atoms with Crippen molar-refractivity contribution in [2.75, 3.05) is 5.32 Å². The molecule has 17 heavy (non-hydrogen) atoms. The number of rotatable bonds is 3. The van der Waals surface area contributed by atoms with E-state index in [9.17, 15) is 15.2 Å². The lowest BCUT2D eigenvalue weighted by molar-refractivity contribution is -0.384. The standard InChI is InChI=1S/C12H16N2O3/c15-12-4-2-1-3-11(12)13-9-5-7-10(8-6-9)14(16)17/h5-8,11-13,15H,1-4H2. The van der Waals surface area contributed by atoms with Gasteiger partial charge in [-0.1, -0.05) is 12.8 Å². The van der Waals surface area contributed by atoms with E-state index in [1.54, 1.807) is 12.1 Å². The van der Waals surface area contributed by atoms with Gasteiger partial charge in [0.2, 0.25) is 0 Å². The molecule has 1 aromatic rings. The Morgan fingerprint density at radius 1 is 1.24 bits per heavy atom. The number of nitrogens with zero attached hydrogens (tertiary/aromatic N) is 1. The van der Waals surface area contributed by atoms with Crippen LogP contribution in [0.1, 0.15) is 25.7 Å². The average Bonchev–Trinajstić information content (AvgIpc) is 2.33. The first-order chi connectivity index (χ1) is 8.16. The molecular formula is C12H16N2O3. The molecule has 0 spiro atoms. The molecule has 2 N–H and O–H groups in total. The lowest BCUT2D eigenvalue weighted by Gasteiger charge is -2.29. The summed E-state index contributed by atoms with van der Waals surface area (Å²) < 4.78 is 0. The molecule has 0 saturated heterocycles. The minimum absolute atomic E-state index is 0.0604. The molecule has 1 fully saturated rings. The first-order valence-corrected chi connectivity index (χ1v) is 5.86. The van der Waals surface area contributed by atoms with Gasteiger partial charge in [-0.3, -0.25) is 10.1 Å². The van der Waals surface area contributed by atoms with Crippen molar-refractivity contribution >= 4 is 11.4 Å². The Hall–Kier alpha value is -1.62. The summed E-state index contributed by atoms with van der Waals surface area (Å²) >= 11 is 0. The van der Waals surface area contributed by atoms with Crippen LogP contribution in [0.2, 0.25) is 0 Å². The van der Waals surface area contributed by atoms with E-state index in [0.717, 1.165) is 31.4 Å². The van der Waals surface area contributed by atoms with E-state index in [-0.39, 0.29) is 17.8 Å². The summed E-state index contributed by atoms with van der Waals surface area (Å²) in [6.07, 6.45) is 3.63. The minimum atomic E-state index is -0.417. The molecule has 1 aliphatic carbocycles. The van der Waals surface area contributed by atoms with Crippen LogP contribution < -0.4 is 5.32 Å². The zero-order chi connectivity index (χ0) is 12.3. The van der Waals surface area contributed by atoms with Crippen LogP contribution in [0.15, 0.2) is 24.3 Å². The third-order valence-electron chi connectivity index (χ3n) is 3.16. The fraction of sp³-hybridized carbons (Fsp3) is 0.500. The molecule has 1 saturated carbocycles. The predicted octanol–water partition coefficient (Wildman–Crippen LogP) is 2.31. The van der Waals surface area contributed by atoms with Crippen molar-refractivity contribution in [2.24, 2.45) is 0 Å². The van der Waals surface area contributed by atoms with Gasteiger partial charge in [0.25, 0.3) is 5.69 Å². The number of hydrogen-bond donors (Lipinski definition) is 2. The van der Waals surface area contributed by atoms with Crippen LogP contribution in [0.25, 0.3) is 0 Å². The fourth-order valence-electron chi connectivity index (χ4n) is 2.17. The normalized spacial score (nSPS) is 24.3. The topological polar surface area (TPSA) is 75.4 Å². The van der Waals surface area contributed by atoms with Crippen LogP contribution in [-0.2, 0) is 0 Å². The quantitative estimate of drug-likeness (QED) is 0.623. The number of nitro groups is 1. The van der Waals surface area contributed by atoms with Gasteiger partial charge in [-0.25, -0.2) is 0 Å². The third-order valence-corrected chi connectivity index (χ3v) is 3.16. The molecule has 92 valence electrons. The maximum Gasteiger partial charge on any atom is 0.269 e. The number of benzene rings is 1. The number of hydrogen-bond acceptors (Lipinski definition) is 4. The summed E-state index contributed by atoms with van der Waals surface area (Å²) in [5.41, 5.74) is 0.904. The summed E-state index contributed by atoms with van der Waals surface area (Å²) in [4.78, 5) is 10.1. The molecule has 5 nitrogen and oxygen atoms in total. The van der Waals surface area contributed by atoms with Crippen LogP contribution in [0.3, 0.4) is 0 Å². The fourth-order valence-corrected chi connectivity index (χ4v) is 2.17. The second kappa shape index (κ2) is 5.14. The van der Waals surface area contributed by atoms with Crippen LogP contribution >= 0.6 is 0 Å². The summed E-state index contributed by atoms with van der Waals surface area (Å²) in [7, 11) is 0. The summed E-state index contributed by atoms with van der Waals surface area (Å²) in [6, 6.07) is 6.36. The first kappa shape index (κ1) is 11.9. The van der Waals surface area contributed by atoms with Gasteiger partial charge >= 0.3 is 0 Å². The number of non-ortho nitro benzene ring substituents is 1. The van der Waals surface area contributed by atoms with Crippen molar-refractivity contribution < 1.29 is 10.0 Å². The van der Waals surface area contributed by atoms with Crippen molar-refractivity contribution in [2.45, 2.75) is 37.8 Å². The van der Waals surface area contributed by atoms with Gasteiger partial charge in [-0.15, -0.1) is 0 Å². The van der Waals surface area contributed by atoms with Crippen molar-refractivity contribution in [3.05, 3.63) is 34.4 Å². The van der Waals surface area contributed by atoms with Crippen molar-refractivity contribution in [1.82, 2.24) is 0 Å². The van der Waals surface area contributed by atoms with Gasteiger partial charge in [0.15, 0.2) is 0 Å². The van der Waals surface area contributed by atoms with Gasteiger partial charge in [0, 0.05) is 17.8 Å². The van der Waals surface area contributed by atoms with Crippen molar-refractivity contribution in [3.63, 3.8) is 0 Å². The maximum atomic E-state index is 10.5. The van der Waals surface area contributed by atoms with Gasteiger partial charge in [0.1, 0.15) is 0 Å². The summed E-state index contributed by atoms with van der Waals surface area (Å²) in [5.74, 6) is 0. The highest BCUT2D eigenvalue weighted by molar-refractivity contribution is 5.49. The van der Waals surface area contributed by atoms with Crippen molar-refractivity contribution in [1.29, 1.82) is 0 Å². The van der Waals surface area contributed by atoms with Crippen LogP contribution in [0.5, 0.6) is 0 Å². The molecule has 0 aromatic heterocycles. The van der Waals surface area contributed by atoms with Gasteiger partial charge in [-0.05, 0) is 25.0 Å². The van der Waals surface area contributed by atoms with Gasteiger partial charge in [-0.2, -0.15) is 0 Å². The number of anilines is 1. The molecule has 1 aromatic carbocycles. The molecule has 5 heteroatoms. The Morgan fingerprint density at radius 3 is 2.47 bits per heavy atom. The third kappa shape index (κ3) is 2.94. The van der Waals surface area contributed by atoms with Gasteiger partial charge in [0.05, 0.1) is 17.1 Å². The van der Waals surface area contributed by atoms with E-state index >= 15 is 0 Å². The molecular weight excluding hydrogens is 220 g/mol. The van der Waals surface area contributed by atoms with Crippen LogP contribution in [0, 0.1) is 10.1 Å². The number of aliphatic hydroxyl groups is 1.